The molecule has 0 saturated heterocycles. The molecule has 3 N–H and O–H groups in total. The lowest BCUT2D eigenvalue weighted by atomic mass is 10.2. The van der Waals surface area contributed by atoms with Gasteiger partial charge in [-0.2, -0.15) is 0 Å². The predicted molar refractivity (Wildman–Crippen MR) is 47.1 cm³/mol. The van der Waals surface area contributed by atoms with Gasteiger partial charge in [0.2, 0.25) is 9.05 Å². The lowest BCUT2D eigenvalue weighted by molar-refractivity contribution is -0.138. The Morgan fingerprint density at radius 3 is 2.25 bits per heavy atom. The van der Waals surface area contributed by atoms with Crippen molar-refractivity contribution in [2.45, 2.75) is 12.5 Å². The minimum atomic E-state index is -3.62. The van der Waals surface area contributed by atoms with Crippen LogP contribution in [0.5, 0.6) is 0 Å². The van der Waals surface area contributed by atoms with Gasteiger partial charge in [0, 0.05) is 10.7 Å². The number of halogens is 2. The molecule has 74 valence electrons. The lowest BCUT2D eigenvalue weighted by Crippen LogP contribution is -2.31. The Kier molecular flexibility index (Phi) is 6.73. The van der Waals surface area contributed by atoms with Crippen molar-refractivity contribution in [3.63, 3.8) is 0 Å². The second kappa shape index (κ2) is 5.58. The van der Waals surface area contributed by atoms with Gasteiger partial charge in [0.1, 0.15) is 6.04 Å². The van der Waals surface area contributed by atoms with Crippen LogP contribution in [0.15, 0.2) is 0 Å². The summed E-state index contributed by atoms with van der Waals surface area (Å²) in [6.07, 6.45) is -0.166. The van der Waals surface area contributed by atoms with Crippen molar-refractivity contribution >= 4 is 38.1 Å². The van der Waals surface area contributed by atoms with Crippen molar-refractivity contribution in [2.75, 3.05) is 5.75 Å². The Morgan fingerprint density at radius 2 is 2.00 bits per heavy atom. The molecule has 12 heavy (non-hydrogen) atoms. The molecule has 0 rings (SSSR count). The highest BCUT2D eigenvalue weighted by Crippen LogP contribution is 2.00. The van der Waals surface area contributed by atoms with Crippen LogP contribution >= 0.6 is 23.1 Å². The number of hydrogen-bond donors (Lipinski definition) is 2. The Morgan fingerprint density at radius 1 is 1.58 bits per heavy atom. The van der Waals surface area contributed by atoms with E-state index in [1.807, 2.05) is 0 Å². The van der Waals surface area contributed by atoms with Crippen molar-refractivity contribution in [3.8, 4) is 0 Å². The third-order valence-electron chi connectivity index (χ3n) is 0.990. The van der Waals surface area contributed by atoms with Gasteiger partial charge in [-0.3, -0.25) is 4.79 Å². The summed E-state index contributed by atoms with van der Waals surface area (Å²) in [6, 6.07) is -1.16. The van der Waals surface area contributed by atoms with Crippen LogP contribution in [0.1, 0.15) is 6.42 Å². The zero-order chi connectivity index (χ0) is 9.07. The van der Waals surface area contributed by atoms with Crippen LogP contribution in [0.3, 0.4) is 0 Å². The van der Waals surface area contributed by atoms with Crippen molar-refractivity contribution < 1.29 is 18.3 Å². The molecule has 0 aromatic rings. The summed E-state index contributed by atoms with van der Waals surface area (Å²) < 4.78 is 20.6. The Labute approximate surface area is 80.7 Å². The normalized spacial score (nSPS) is 13.2. The van der Waals surface area contributed by atoms with Crippen molar-refractivity contribution in [3.05, 3.63) is 0 Å². The van der Waals surface area contributed by atoms with Crippen LogP contribution in [-0.2, 0) is 13.8 Å². The topological polar surface area (TPSA) is 97.5 Å². The first-order chi connectivity index (χ1) is 4.83. The van der Waals surface area contributed by atoms with E-state index in [4.69, 9.17) is 21.5 Å². The molecule has 0 spiro atoms. The van der Waals surface area contributed by atoms with E-state index in [2.05, 4.69) is 0 Å². The molecular formula is C4H9Cl2NO4S. The first-order valence-corrected chi connectivity index (χ1v) is 5.21. The summed E-state index contributed by atoms with van der Waals surface area (Å²) in [4.78, 5) is 10.1. The molecule has 0 aromatic heterocycles. The van der Waals surface area contributed by atoms with Crippen LogP contribution in [0.2, 0.25) is 0 Å². The Bertz CT molecular complexity index is 239. The number of carbonyl (C=O) groups is 1. The number of nitrogens with two attached hydrogens (primary N) is 1. The fourth-order valence-electron chi connectivity index (χ4n) is 0.391. The molecular weight excluding hydrogens is 229 g/mol. The molecule has 1 atom stereocenters. The Balaban J connectivity index is 0. The van der Waals surface area contributed by atoms with Crippen molar-refractivity contribution in [2.24, 2.45) is 5.73 Å². The summed E-state index contributed by atoms with van der Waals surface area (Å²) in [7, 11) is 1.18. The molecule has 0 bridgehead atoms. The summed E-state index contributed by atoms with van der Waals surface area (Å²) in [5.74, 6) is -1.65. The van der Waals surface area contributed by atoms with E-state index in [-0.39, 0.29) is 18.8 Å². The largest absolute Gasteiger partial charge is 0.480 e. The zero-order valence-corrected chi connectivity index (χ0v) is 8.32. The predicted octanol–water partition coefficient (Wildman–Crippen LogP) is -0.221. The fraction of sp³-hybridized carbons (Fsp3) is 0.750. The van der Waals surface area contributed by atoms with Crippen LogP contribution in [-0.4, -0.2) is 31.3 Å². The quantitative estimate of drug-likeness (QED) is 0.660. The van der Waals surface area contributed by atoms with Gasteiger partial charge in [-0.1, -0.05) is 0 Å². The van der Waals surface area contributed by atoms with E-state index in [1.165, 1.54) is 0 Å². The number of carboxylic acid groups (broad SMARTS) is 1. The Hall–Kier alpha value is -0.0400. The van der Waals surface area contributed by atoms with Gasteiger partial charge in [-0.25, -0.2) is 8.42 Å². The standard InChI is InChI=1S/C4H8ClNO4S.ClH/c5-11(9,10)2-1-3(6)4(7)8;/h3H,1-2,6H2,(H,7,8);1H. The van der Waals surface area contributed by atoms with E-state index in [1.54, 1.807) is 0 Å². The first kappa shape index (κ1) is 14.5. The van der Waals surface area contributed by atoms with Crippen LogP contribution in [0.25, 0.3) is 0 Å². The highest BCUT2D eigenvalue weighted by molar-refractivity contribution is 8.13. The molecule has 0 heterocycles. The third kappa shape index (κ3) is 8.06. The smallest absolute Gasteiger partial charge is 0.320 e. The van der Waals surface area contributed by atoms with Crippen LogP contribution in [0, 0.1) is 0 Å². The maximum Gasteiger partial charge on any atom is 0.320 e. The van der Waals surface area contributed by atoms with Gasteiger partial charge in [0.15, 0.2) is 0 Å². The van der Waals surface area contributed by atoms with Crippen molar-refractivity contribution in [1.82, 2.24) is 0 Å². The number of hydrogen-bond acceptors (Lipinski definition) is 4. The molecule has 0 fully saturated rings. The maximum absolute atomic E-state index is 10.3. The van der Waals surface area contributed by atoms with Gasteiger partial charge in [-0.05, 0) is 6.42 Å². The average molecular weight is 238 g/mol. The van der Waals surface area contributed by atoms with Gasteiger partial charge in [0.25, 0.3) is 0 Å². The van der Waals surface area contributed by atoms with Crippen LogP contribution < -0.4 is 5.73 Å². The molecule has 0 radical (unpaired) electrons. The van der Waals surface area contributed by atoms with Gasteiger partial charge in [-0.15, -0.1) is 12.4 Å². The molecule has 0 aromatic carbocycles. The fourth-order valence-corrected chi connectivity index (χ4v) is 1.19. The molecule has 0 aliphatic carbocycles. The minimum Gasteiger partial charge on any atom is -0.480 e. The average Bonchev–Trinajstić information content (AvgIpc) is 1.80. The summed E-state index contributed by atoms with van der Waals surface area (Å²) in [6.45, 7) is 0. The molecule has 0 saturated carbocycles. The van der Waals surface area contributed by atoms with Crippen molar-refractivity contribution in [1.29, 1.82) is 0 Å². The number of aliphatic carboxylic acids is 1. The summed E-state index contributed by atoms with van der Waals surface area (Å²) >= 11 is 0. The van der Waals surface area contributed by atoms with E-state index < -0.39 is 26.8 Å². The van der Waals surface area contributed by atoms with E-state index in [0.29, 0.717) is 0 Å². The highest BCUT2D eigenvalue weighted by Gasteiger charge is 2.15. The van der Waals surface area contributed by atoms with Gasteiger partial charge >= 0.3 is 5.97 Å². The third-order valence-corrected chi connectivity index (χ3v) is 2.18. The van der Waals surface area contributed by atoms with Gasteiger partial charge < -0.3 is 10.8 Å². The SMILES string of the molecule is Cl.NC(CCS(=O)(=O)Cl)C(=O)O. The molecule has 1 unspecified atom stereocenters. The second-order valence-electron chi connectivity index (χ2n) is 1.98. The lowest BCUT2D eigenvalue weighted by Gasteiger charge is -2.02. The monoisotopic (exact) mass is 237 g/mol. The summed E-state index contributed by atoms with van der Waals surface area (Å²) in [5.41, 5.74) is 5.00. The first-order valence-electron chi connectivity index (χ1n) is 2.73. The minimum absolute atomic E-state index is 0. The molecule has 8 heteroatoms. The van der Waals surface area contributed by atoms with E-state index >= 15 is 0 Å². The molecule has 0 aliphatic heterocycles. The highest BCUT2D eigenvalue weighted by atomic mass is 35.7. The molecule has 0 amide bonds. The van der Waals surface area contributed by atoms with E-state index in [9.17, 15) is 13.2 Å². The zero-order valence-electron chi connectivity index (χ0n) is 5.94. The second-order valence-corrected chi connectivity index (χ2v) is 4.87. The van der Waals surface area contributed by atoms with Gasteiger partial charge in [0.05, 0.1) is 5.75 Å². The molecule has 0 aliphatic rings. The summed E-state index contributed by atoms with van der Waals surface area (Å²) in [5, 5.41) is 8.22. The van der Waals surface area contributed by atoms with E-state index in [0.717, 1.165) is 0 Å². The van der Waals surface area contributed by atoms with Crippen LogP contribution in [0.4, 0.5) is 0 Å². The number of carboxylic acids is 1. The maximum atomic E-state index is 10.3. The number of rotatable bonds is 4. The molecule has 5 nitrogen and oxygen atoms in total.